The molecule has 0 spiro atoms. The van der Waals surface area contributed by atoms with Gasteiger partial charge in [0.15, 0.2) is 0 Å². The first-order chi connectivity index (χ1) is 9.70. The molecule has 0 bridgehead atoms. The van der Waals surface area contributed by atoms with Gasteiger partial charge in [-0.1, -0.05) is 17.3 Å². The summed E-state index contributed by atoms with van der Waals surface area (Å²) in [6.07, 6.45) is 2.28. The van der Waals surface area contributed by atoms with Crippen LogP contribution >= 0.6 is 0 Å². The molecule has 1 atom stereocenters. The van der Waals surface area contributed by atoms with Crippen molar-refractivity contribution < 1.29 is 9.26 Å². The van der Waals surface area contributed by atoms with Crippen molar-refractivity contribution in [3.63, 3.8) is 0 Å². The van der Waals surface area contributed by atoms with Crippen LogP contribution < -0.4 is 5.73 Å². The highest BCUT2D eigenvalue weighted by molar-refractivity contribution is 5.73. The van der Waals surface area contributed by atoms with Crippen LogP contribution in [0.5, 0.6) is 0 Å². The van der Waals surface area contributed by atoms with E-state index in [0.29, 0.717) is 29.9 Å². The topological polar surface area (TPSA) is 74.2 Å². The Morgan fingerprint density at radius 1 is 1.45 bits per heavy atom. The Hall–Kier alpha value is -1.88. The normalized spacial score (nSPS) is 16.3. The Morgan fingerprint density at radius 3 is 2.95 bits per heavy atom. The molecule has 1 heterocycles. The molecule has 5 nitrogen and oxygen atoms in total. The van der Waals surface area contributed by atoms with Gasteiger partial charge in [-0.05, 0) is 44.2 Å². The zero-order valence-corrected chi connectivity index (χ0v) is 11.8. The Kier molecular flexibility index (Phi) is 3.44. The number of nitrogens with zero attached hydrogens (tertiary/aromatic N) is 2. The highest BCUT2D eigenvalue weighted by Crippen LogP contribution is 2.42. The number of anilines is 1. The van der Waals surface area contributed by atoms with Crippen LogP contribution in [-0.2, 0) is 4.74 Å². The summed E-state index contributed by atoms with van der Waals surface area (Å²) >= 11 is 0. The maximum absolute atomic E-state index is 6.07. The first kappa shape index (κ1) is 13.1. The monoisotopic (exact) mass is 273 g/mol. The largest absolute Gasteiger partial charge is 0.398 e. The summed E-state index contributed by atoms with van der Waals surface area (Å²) in [4.78, 5) is 4.48. The number of hydrogen-bond donors (Lipinski definition) is 1. The Bertz CT molecular complexity index is 605. The van der Waals surface area contributed by atoms with Crippen LogP contribution in [0.4, 0.5) is 5.69 Å². The fraction of sp³-hybridized carbons (Fsp3) is 0.467. The zero-order chi connectivity index (χ0) is 14.1. The molecule has 3 rings (SSSR count). The van der Waals surface area contributed by atoms with Crippen molar-refractivity contribution >= 4 is 5.69 Å². The molecule has 5 heteroatoms. The molecule has 1 aliphatic rings. The first-order valence-electron chi connectivity index (χ1n) is 7.01. The number of ether oxygens (including phenoxy) is 1. The highest BCUT2D eigenvalue weighted by Gasteiger charge is 2.36. The lowest BCUT2D eigenvalue weighted by atomic mass is 10.1. The summed E-state index contributed by atoms with van der Waals surface area (Å²) < 4.78 is 11.1. The molecule has 20 heavy (non-hydrogen) atoms. The minimum Gasteiger partial charge on any atom is -0.398 e. The van der Waals surface area contributed by atoms with Crippen molar-refractivity contribution in [3.05, 3.63) is 29.6 Å². The van der Waals surface area contributed by atoms with E-state index < -0.39 is 0 Å². The zero-order valence-electron chi connectivity index (χ0n) is 11.8. The molecular formula is C15H19N3O2. The molecule has 1 aromatic carbocycles. The van der Waals surface area contributed by atoms with Crippen molar-refractivity contribution in [2.45, 2.75) is 32.8 Å². The van der Waals surface area contributed by atoms with Crippen LogP contribution in [0, 0.1) is 12.8 Å². The van der Waals surface area contributed by atoms with E-state index in [-0.39, 0.29) is 6.10 Å². The van der Waals surface area contributed by atoms with Gasteiger partial charge in [-0.15, -0.1) is 0 Å². The molecule has 1 fully saturated rings. The van der Waals surface area contributed by atoms with Crippen LogP contribution in [0.15, 0.2) is 22.7 Å². The maximum Gasteiger partial charge on any atom is 0.260 e. The number of nitrogens with two attached hydrogens (primary N) is 1. The number of aromatic nitrogens is 2. The quantitative estimate of drug-likeness (QED) is 0.847. The van der Waals surface area contributed by atoms with Crippen LogP contribution in [-0.4, -0.2) is 16.7 Å². The maximum atomic E-state index is 6.07. The molecule has 0 amide bonds. The van der Waals surface area contributed by atoms with E-state index in [2.05, 4.69) is 10.1 Å². The lowest BCUT2D eigenvalue weighted by Gasteiger charge is -2.11. The van der Waals surface area contributed by atoms with Gasteiger partial charge in [-0.3, -0.25) is 0 Å². The van der Waals surface area contributed by atoms with E-state index in [1.54, 1.807) is 0 Å². The van der Waals surface area contributed by atoms with E-state index in [1.165, 1.54) is 12.8 Å². The summed E-state index contributed by atoms with van der Waals surface area (Å²) in [6.45, 7) is 4.59. The SMILES string of the molecule is CCOC(c1noc(-c2cccc(C)c2N)n1)C1CC1. The van der Waals surface area contributed by atoms with Gasteiger partial charge in [-0.2, -0.15) is 4.98 Å². The van der Waals surface area contributed by atoms with Gasteiger partial charge >= 0.3 is 0 Å². The van der Waals surface area contributed by atoms with E-state index in [4.69, 9.17) is 15.0 Å². The third kappa shape index (κ3) is 2.41. The van der Waals surface area contributed by atoms with Gasteiger partial charge in [-0.25, -0.2) is 0 Å². The van der Waals surface area contributed by atoms with Crippen LogP contribution in [0.1, 0.15) is 37.3 Å². The summed E-state index contributed by atoms with van der Waals surface area (Å²) in [5.41, 5.74) is 8.55. The second-order valence-electron chi connectivity index (χ2n) is 5.21. The number of aryl methyl sites for hydroxylation is 1. The Labute approximate surface area is 118 Å². The molecular weight excluding hydrogens is 254 g/mol. The van der Waals surface area contributed by atoms with Gasteiger partial charge < -0.3 is 15.0 Å². The minimum atomic E-state index is -0.0523. The molecule has 1 aromatic heterocycles. The van der Waals surface area contributed by atoms with Crippen LogP contribution in [0.2, 0.25) is 0 Å². The van der Waals surface area contributed by atoms with E-state index in [0.717, 1.165) is 11.1 Å². The van der Waals surface area contributed by atoms with E-state index in [9.17, 15) is 0 Å². The molecule has 0 aliphatic heterocycles. The van der Waals surface area contributed by atoms with Crippen molar-refractivity contribution in [3.8, 4) is 11.5 Å². The first-order valence-corrected chi connectivity index (χ1v) is 7.01. The summed E-state index contributed by atoms with van der Waals surface area (Å²) in [6, 6.07) is 5.79. The lowest BCUT2D eigenvalue weighted by molar-refractivity contribution is 0.0385. The fourth-order valence-electron chi connectivity index (χ4n) is 2.33. The molecule has 2 aromatic rings. The summed E-state index contributed by atoms with van der Waals surface area (Å²) in [5, 5.41) is 4.08. The third-order valence-corrected chi connectivity index (χ3v) is 3.65. The summed E-state index contributed by atoms with van der Waals surface area (Å²) in [7, 11) is 0. The van der Waals surface area contributed by atoms with Crippen molar-refractivity contribution in [2.24, 2.45) is 5.92 Å². The number of para-hydroxylation sites is 1. The number of benzene rings is 1. The second kappa shape index (κ2) is 5.25. The predicted molar refractivity (Wildman–Crippen MR) is 76.0 cm³/mol. The van der Waals surface area contributed by atoms with Gasteiger partial charge in [0, 0.05) is 12.3 Å². The van der Waals surface area contributed by atoms with Crippen LogP contribution in [0.25, 0.3) is 11.5 Å². The van der Waals surface area contributed by atoms with Gasteiger partial charge in [0.1, 0.15) is 6.10 Å². The Morgan fingerprint density at radius 2 is 2.25 bits per heavy atom. The summed E-state index contributed by atoms with van der Waals surface area (Å²) in [5.74, 6) is 1.62. The molecule has 0 radical (unpaired) electrons. The van der Waals surface area contributed by atoms with Crippen molar-refractivity contribution in [2.75, 3.05) is 12.3 Å². The third-order valence-electron chi connectivity index (χ3n) is 3.65. The average molecular weight is 273 g/mol. The van der Waals surface area contributed by atoms with Gasteiger partial charge in [0.25, 0.3) is 5.89 Å². The molecule has 106 valence electrons. The number of hydrogen-bond acceptors (Lipinski definition) is 5. The number of rotatable bonds is 5. The van der Waals surface area contributed by atoms with Crippen molar-refractivity contribution in [1.29, 1.82) is 0 Å². The molecule has 1 unspecified atom stereocenters. The molecule has 2 N–H and O–H groups in total. The van der Waals surface area contributed by atoms with Gasteiger partial charge in [0.05, 0.1) is 5.56 Å². The predicted octanol–water partition coefficient (Wildman–Crippen LogP) is 3.11. The van der Waals surface area contributed by atoms with Crippen molar-refractivity contribution in [1.82, 2.24) is 10.1 Å². The van der Waals surface area contributed by atoms with Gasteiger partial charge in [0.2, 0.25) is 5.82 Å². The minimum absolute atomic E-state index is 0.0523. The highest BCUT2D eigenvalue weighted by atomic mass is 16.5. The second-order valence-corrected chi connectivity index (χ2v) is 5.21. The molecule has 1 saturated carbocycles. The smallest absolute Gasteiger partial charge is 0.260 e. The fourth-order valence-corrected chi connectivity index (χ4v) is 2.33. The number of nitrogen functional groups attached to an aromatic ring is 1. The van der Waals surface area contributed by atoms with E-state index >= 15 is 0 Å². The Balaban J connectivity index is 1.91. The average Bonchev–Trinajstić information content (AvgIpc) is 3.17. The van der Waals surface area contributed by atoms with Crippen LogP contribution in [0.3, 0.4) is 0 Å². The molecule has 1 aliphatic carbocycles. The lowest BCUT2D eigenvalue weighted by Crippen LogP contribution is -2.08. The van der Waals surface area contributed by atoms with E-state index in [1.807, 2.05) is 32.0 Å². The standard InChI is InChI=1S/C15H19N3O2/c1-3-19-13(10-7-8-10)14-17-15(20-18-14)11-6-4-5-9(2)12(11)16/h4-6,10,13H,3,7-8,16H2,1-2H3. The molecule has 0 saturated heterocycles.